The van der Waals surface area contributed by atoms with Crippen LogP contribution in [0.25, 0.3) is 0 Å². The summed E-state index contributed by atoms with van der Waals surface area (Å²) in [4.78, 5) is 21.3. The van der Waals surface area contributed by atoms with Crippen LogP contribution in [0.5, 0.6) is 0 Å². The van der Waals surface area contributed by atoms with Crippen LogP contribution in [-0.2, 0) is 14.8 Å². The number of hydrogen-bond donors (Lipinski definition) is 0. The van der Waals surface area contributed by atoms with Crippen molar-refractivity contribution in [3.8, 4) is 0 Å². The maximum absolute atomic E-state index is 13.0. The number of pyridine rings is 1. The molecule has 2 fully saturated rings. The van der Waals surface area contributed by atoms with Crippen molar-refractivity contribution in [2.45, 2.75) is 44.9 Å². The number of sulfonamides is 1. The van der Waals surface area contributed by atoms with E-state index in [4.69, 9.17) is 11.6 Å². The molecule has 1 amide bonds. The van der Waals surface area contributed by atoms with Crippen molar-refractivity contribution < 1.29 is 13.2 Å². The predicted molar refractivity (Wildman–Crippen MR) is 118 cm³/mol. The van der Waals surface area contributed by atoms with Gasteiger partial charge in [0.05, 0.1) is 0 Å². The lowest BCUT2D eigenvalue weighted by Crippen LogP contribution is -2.52. The Labute approximate surface area is 185 Å². The number of piperidine rings is 1. The van der Waals surface area contributed by atoms with Crippen LogP contribution in [0, 0.1) is 11.3 Å². The molecule has 0 aliphatic carbocycles. The van der Waals surface area contributed by atoms with E-state index in [2.05, 4.69) is 30.7 Å². The summed E-state index contributed by atoms with van der Waals surface area (Å²) in [5, 5.41) is -0.0139. The Morgan fingerprint density at radius 2 is 1.77 bits per heavy atom. The van der Waals surface area contributed by atoms with Gasteiger partial charge in [-0.1, -0.05) is 32.4 Å². The van der Waals surface area contributed by atoms with Crippen molar-refractivity contribution in [1.82, 2.24) is 19.1 Å². The second-order valence-electron chi connectivity index (χ2n) is 9.45. The smallest absolute Gasteiger partial charge is 0.246 e. The summed E-state index contributed by atoms with van der Waals surface area (Å²) in [6.07, 6.45) is 3.70. The Kier molecular flexibility index (Phi) is 7.43. The van der Waals surface area contributed by atoms with Crippen LogP contribution < -0.4 is 0 Å². The Hall–Kier alpha value is -1.22. The molecule has 3 heterocycles. The summed E-state index contributed by atoms with van der Waals surface area (Å²) >= 11 is 5.99. The van der Waals surface area contributed by atoms with E-state index in [9.17, 15) is 13.2 Å². The van der Waals surface area contributed by atoms with Gasteiger partial charge in [0.15, 0.2) is 0 Å². The quantitative estimate of drug-likeness (QED) is 0.637. The Morgan fingerprint density at radius 3 is 2.33 bits per heavy atom. The normalized spacial score (nSPS) is 20.5. The second-order valence-corrected chi connectivity index (χ2v) is 11.7. The van der Waals surface area contributed by atoms with E-state index >= 15 is 0 Å². The van der Waals surface area contributed by atoms with Gasteiger partial charge in [-0.3, -0.25) is 9.69 Å². The molecule has 0 aromatic carbocycles. The van der Waals surface area contributed by atoms with Gasteiger partial charge in [-0.15, -0.1) is 0 Å². The molecule has 2 saturated heterocycles. The van der Waals surface area contributed by atoms with Crippen molar-refractivity contribution in [1.29, 1.82) is 0 Å². The van der Waals surface area contributed by atoms with E-state index in [1.165, 1.54) is 16.6 Å². The molecular formula is C21H33ClN4O3S. The highest BCUT2D eigenvalue weighted by atomic mass is 35.5. The first-order valence-electron chi connectivity index (χ1n) is 10.7. The Bertz CT molecular complexity index is 840. The molecule has 2 aliphatic heterocycles. The molecule has 0 atom stereocenters. The standard InChI is InChI=1S/C21H33ClN4O3S/c1-21(2,3)8-12-24-13-15-25(16-14-24)20(27)17-6-10-26(11-7-17)30(28,29)18-5-4-9-23-19(18)22/h4-5,9,17H,6-8,10-16H2,1-3H3. The molecule has 1 aromatic heterocycles. The summed E-state index contributed by atoms with van der Waals surface area (Å²) in [5.74, 6) is 0.0591. The van der Waals surface area contributed by atoms with Gasteiger partial charge < -0.3 is 4.90 Å². The van der Waals surface area contributed by atoms with Crippen molar-refractivity contribution in [3.05, 3.63) is 23.5 Å². The summed E-state index contributed by atoms with van der Waals surface area (Å²) < 4.78 is 27.1. The molecule has 7 nitrogen and oxygen atoms in total. The van der Waals surface area contributed by atoms with Crippen LogP contribution in [-0.4, -0.2) is 79.2 Å². The van der Waals surface area contributed by atoms with Crippen molar-refractivity contribution in [3.63, 3.8) is 0 Å². The van der Waals surface area contributed by atoms with Crippen molar-refractivity contribution >= 4 is 27.5 Å². The van der Waals surface area contributed by atoms with Gasteiger partial charge in [-0.25, -0.2) is 13.4 Å². The van der Waals surface area contributed by atoms with Crippen LogP contribution in [0.1, 0.15) is 40.0 Å². The van der Waals surface area contributed by atoms with E-state index in [-0.39, 0.29) is 21.9 Å². The highest BCUT2D eigenvalue weighted by molar-refractivity contribution is 7.89. The van der Waals surface area contributed by atoms with E-state index in [1.54, 1.807) is 6.07 Å². The first-order chi connectivity index (χ1) is 14.1. The van der Waals surface area contributed by atoms with Crippen LogP contribution in [0.4, 0.5) is 0 Å². The van der Waals surface area contributed by atoms with Gasteiger partial charge in [0, 0.05) is 51.4 Å². The average molecular weight is 457 g/mol. The summed E-state index contributed by atoms with van der Waals surface area (Å²) in [6, 6.07) is 3.04. The minimum Gasteiger partial charge on any atom is -0.340 e. The minimum absolute atomic E-state index is 0.0139. The molecule has 0 unspecified atom stereocenters. The van der Waals surface area contributed by atoms with Crippen LogP contribution in [0.3, 0.4) is 0 Å². The van der Waals surface area contributed by atoms with Gasteiger partial charge in [0.1, 0.15) is 10.0 Å². The lowest BCUT2D eigenvalue weighted by Gasteiger charge is -2.39. The second kappa shape index (κ2) is 9.51. The number of hydrogen-bond acceptors (Lipinski definition) is 5. The zero-order chi connectivity index (χ0) is 21.9. The van der Waals surface area contributed by atoms with Gasteiger partial charge in [-0.2, -0.15) is 4.31 Å². The first-order valence-corrected chi connectivity index (χ1v) is 12.5. The van der Waals surface area contributed by atoms with Gasteiger partial charge in [0.25, 0.3) is 0 Å². The number of nitrogens with zero attached hydrogens (tertiary/aromatic N) is 4. The number of aromatic nitrogens is 1. The Balaban J connectivity index is 1.50. The Morgan fingerprint density at radius 1 is 1.13 bits per heavy atom. The fourth-order valence-corrected chi connectivity index (χ4v) is 5.89. The topological polar surface area (TPSA) is 73.8 Å². The summed E-state index contributed by atoms with van der Waals surface area (Å²) in [5.41, 5.74) is 0.321. The molecule has 0 N–H and O–H groups in total. The molecular weight excluding hydrogens is 424 g/mol. The maximum atomic E-state index is 13.0. The van der Waals surface area contributed by atoms with Crippen molar-refractivity contribution in [2.24, 2.45) is 11.3 Å². The minimum atomic E-state index is -3.69. The number of piperazine rings is 1. The fourth-order valence-electron chi connectivity index (χ4n) is 3.99. The fraction of sp³-hybridized carbons (Fsp3) is 0.714. The van der Waals surface area contributed by atoms with Crippen LogP contribution in [0.15, 0.2) is 23.2 Å². The third kappa shape index (κ3) is 5.72. The van der Waals surface area contributed by atoms with E-state index in [1.807, 2.05) is 4.90 Å². The third-order valence-corrected chi connectivity index (χ3v) is 8.35. The maximum Gasteiger partial charge on any atom is 0.246 e. The summed E-state index contributed by atoms with van der Waals surface area (Å²) in [6.45, 7) is 11.8. The van der Waals surface area contributed by atoms with E-state index < -0.39 is 10.0 Å². The molecule has 2 aliphatic rings. The van der Waals surface area contributed by atoms with Gasteiger partial charge in [-0.05, 0) is 43.4 Å². The monoisotopic (exact) mass is 456 g/mol. The van der Waals surface area contributed by atoms with E-state index in [0.29, 0.717) is 31.3 Å². The molecule has 9 heteroatoms. The van der Waals surface area contributed by atoms with Gasteiger partial charge >= 0.3 is 0 Å². The first kappa shape index (κ1) is 23.4. The molecule has 0 spiro atoms. The van der Waals surface area contributed by atoms with Gasteiger partial charge in [0.2, 0.25) is 15.9 Å². The predicted octanol–water partition coefficient (Wildman–Crippen LogP) is 2.72. The van der Waals surface area contributed by atoms with Crippen LogP contribution in [0.2, 0.25) is 5.15 Å². The molecule has 1 aromatic rings. The molecule has 0 radical (unpaired) electrons. The molecule has 3 rings (SSSR count). The number of rotatable bonds is 5. The zero-order valence-electron chi connectivity index (χ0n) is 18.2. The number of carbonyl (C=O) groups excluding carboxylic acids is 1. The number of carbonyl (C=O) groups is 1. The largest absolute Gasteiger partial charge is 0.340 e. The molecule has 0 bridgehead atoms. The molecule has 168 valence electrons. The van der Waals surface area contributed by atoms with E-state index in [0.717, 1.165) is 39.1 Å². The third-order valence-electron chi connectivity index (χ3n) is 6.01. The number of amides is 1. The molecule has 30 heavy (non-hydrogen) atoms. The SMILES string of the molecule is CC(C)(C)CCN1CCN(C(=O)C2CCN(S(=O)(=O)c3cccnc3Cl)CC2)CC1. The highest BCUT2D eigenvalue weighted by Crippen LogP contribution is 2.28. The summed E-state index contributed by atoms with van der Waals surface area (Å²) in [7, 11) is -3.69. The average Bonchev–Trinajstić information content (AvgIpc) is 2.72. The van der Waals surface area contributed by atoms with Crippen LogP contribution >= 0.6 is 11.6 Å². The molecule has 0 saturated carbocycles. The lowest BCUT2D eigenvalue weighted by atomic mass is 9.92. The zero-order valence-corrected chi connectivity index (χ0v) is 19.8. The number of halogens is 1. The highest BCUT2D eigenvalue weighted by Gasteiger charge is 2.35. The lowest BCUT2D eigenvalue weighted by molar-refractivity contribution is -0.138. The van der Waals surface area contributed by atoms with Crippen molar-refractivity contribution in [2.75, 3.05) is 45.8 Å².